The molecule has 0 aromatic heterocycles. The number of epoxide rings is 2. The van der Waals surface area contributed by atoms with Crippen molar-refractivity contribution in [2.75, 3.05) is 26.3 Å². The summed E-state index contributed by atoms with van der Waals surface area (Å²) in [6.45, 7) is 6.25. The fourth-order valence-electron chi connectivity index (χ4n) is 2.08. The Morgan fingerprint density at radius 1 is 0.938 bits per heavy atom. The Kier molecular flexibility index (Phi) is 5.07. The van der Waals surface area contributed by atoms with Crippen molar-refractivity contribution >= 4 is 0 Å². The monoisotopic (exact) mass is 227 g/mol. The van der Waals surface area contributed by atoms with Gasteiger partial charge in [-0.3, -0.25) is 0 Å². The topological polar surface area (TPSA) is 37.1 Å². The van der Waals surface area contributed by atoms with Crippen molar-refractivity contribution < 1.29 is 9.47 Å². The Morgan fingerprint density at radius 2 is 1.44 bits per heavy atom. The molecule has 1 N–H and O–H groups in total. The first-order chi connectivity index (χ1) is 7.84. The summed E-state index contributed by atoms with van der Waals surface area (Å²) in [4.78, 5) is 0. The van der Waals surface area contributed by atoms with Gasteiger partial charge >= 0.3 is 0 Å². The van der Waals surface area contributed by atoms with Crippen LogP contribution in [0.25, 0.3) is 0 Å². The highest BCUT2D eigenvalue weighted by atomic mass is 16.6. The summed E-state index contributed by atoms with van der Waals surface area (Å²) in [6.07, 6.45) is 8.44. The van der Waals surface area contributed by atoms with Crippen LogP contribution in [0.5, 0.6) is 0 Å². The van der Waals surface area contributed by atoms with E-state index in [9.17, 15) is 0 Å². The summed E-state index contributed by atoms with van der Waals surface area (Å²) in [6, 6.07) is 0. The van der Waals surface area contributed by atoms with Gasteiger partial charge in [0.15, 0.2) is 0 Å². The minimum absolute atomic E-state index is 0.503. The van der Waals surface area contributed by atoms with E-state index in [4.69, 9.17) is 9.47 Å². The number of nitrogens with one attached hydrogen (secondary N) is 1. The standard InChI is InChI=1S/C7H14.C6H11NO2/c1-7-5-3-2-4-6-7;1(5-3-8-5)7-2-6-4-9-6/h7H,2-6H2,1H3;5-7H,1-4H2. The Labute approximate surface area is 98.9 Å². The van der Waals surface area contributed by atoms with E-state index < -0.39 is 0 Å². The highest BCUT2D eigenvalue weighted by Gasteiger charge is 2.25. The lowest BCUT2D eigenvalue weighted by molar-refractivity contribution is 0.373. The lowest BCUT2D eigenvalue weighted by Crippen LogP contribution is -2.24. The van der Waals surface area contributed by atoms with Crippen LogP contribution in [-0.2, 0) is 9.47 Å². The molecule has 0 aromatic carbocycles. The zero-order valence-corrected chi connectivity index (χ0v) is 10.4. The van der Waals surface area contributed by atoms with E-state index in [1.165, 1.54) is 32.1 Å². The second-order valence-corrected chi connectivity index (χ2v) is 5.31. The molecular weight excluding hydrogens is 202 g/mol. The summed E-state index contributed by atoms with van der Waals surface area (Å²) in [7, 11) is 0. The first kappa shape index (κ1) is 12.3. The quantitative estimate of drug-likeness (QED) is 0.746. The molecule has 1 aliphatic carbocycles. The summed E-state index contributed by atoms with van der Waals surface area (Å²) < 4.78 is 10.0. The highest BCUT2D eigenvalue weighted by molar-refractivity contribution is 4.76. The lowest BCUT2D eigenvalue weighted by Gasteiger charge is -2.15. The van der Waals surface area contributed by atoms with Gasteiger partial charge in [-0.05, 0) is 5.92 Å². The van der Waals surface area contributed by atoms with E-state index in [0.717, 1.165) is 32.2 Å². The molecule has 0 bridgehead atoms. The number of hydrogen-bond donors (Lipinski definition) is 1. The van der Waals surface area contributed by atoms with E-state index >= 15 is 0 Å². The molecule has 1 saturated carbocycles. The maximum atomic E-state index is 5.01. The minimum Gasteiger partial charge on any atom is -0.372 e. The number of hydrogen-bond acceptors (Lipinski definition) is 3. The third kappa shape index (κ3) is 5.83. The molecule has 2 heterocycles. The summed E-state index contributed by atoms with van der Waals surface area (Å²) in [5.41, 5.74) is 0. The van der Waals surface area contributed by atoms with Crippen molar-refractivity contribution in [3.8, 4) is 0 Å². The van der Waals surface area contributed by atoms with Crippen LogP contribution in [0, 0.1) is 5.92 Å². The summed E-state index contributed by atoms with van der Waals surface area (Å²) in [5, 5.41) is 3.26. The van der Waals surface area contributed by atoms with E-state index in [1.54, 1.807) is 0 Å². The van der Waals surface area contributed by atoms with E-state index in [0.29, 0.717) is 12.2 Å². The molecule has 2 atom stereocenters. The molecular formula is C13H25NO2. The maximum absolute atomic E-state index is 5.01. The Balaban J connectivity index is 0.000000125. The molecule has 0 radical (unpaired) electrons. The Morgan fingerprint density at radius 3 is 1.75 bits per heavy atom. The third-order valence-electron chi connectivity index (χ3n) is 3.44. The van der Waals surface area contributed by atoms with Crippen LogP contribution in [0.3, 0.4) is 0 Å². The van der Waals surface area contributed by atoms with E-state index in [-0.39, 0.29) is 0 Å². The third-order valence-corrected chi connectivity index (χ3v) is 3.44. The van der Waals surface area contributed by atoms with Crippen molar-refractivity contribution in [3.05, 3.63) is 0 Å². The van der Waals surface area contributed by atoms with Crippen LogP contribution in [0.4, 0.5) is 0 Å². The van der Waals surface area contributed by atoms with Crippen molar-refractivity contribution in [2.45, 2.75) is 51.2 Å². The second kappa shape index (κ2) is 6.58. The zero-order valence-electron chi connectivity index (χ0n) is 10.4. The van der Waals surface area contributed by atoms with Crippen LogP contribution >= 0.6 is 0 Å². The summed E-state index contributed by atoms with van der Waals surface area (Å²) in [5.74, 6) is 1.04. The molecule has 3 fully saturated rings. The molecule has 94 valence electrons. The molecule has 0 aromatic rings. The first-order valence-electron chi connectivity index (χ1n) is 6.78. The van der Waals surface area contributed by atoms with Gasteiger partial charge in [0.2, 0.25) is 0 Å². The van der Waals surface area contributed by atoms with Gasteiger partial charge in [0.25, 0.3) is 0 Å². The van der Waals surface area contributed by atoms with Gasteiger partial charge < -0.3 is 14.8 Å². The molecule has 3 nitrogen and oxygen atoms in total. The molecule has 2 saturated heterocycles. The zero-order chi connectivity index (χ0) is 11.2. The van der Waals surface area contributed by atoms with Crippen LogP contribution in [0.15, 0.2) is 0 Å². The largest absolute Gasteiger partial charge is 0.372 e. The first-order valence-corrected chi connectivity index (χ1v) is 6.78. The van der Waals surface area contributed by atoms with Crippen LogP contribution < -0.4 is 5.32 Å². The summed E-state index contributed by atoms with van der Waals surface area (Å²) >= 11 is 0. The molecule has 16 heavy (non-hydrogen) atoms. The fourth-order valence-corrected chi connectivity index (χ4v) is 2.08. The van der Waals surface area contributed by atoms with Gasteiger partial charge in [-0.1, -0.05) is 39.0 Å². The van der Waals surface area contributed by atoms with Gasteiger partial charge in [0, 0.05) is 13.1 Å². The maximum Gasteiger partial charge on any atom is 0.0933 e. The van der Waals surface area contributed by atoms with Gasteiger partial charge in [-0.15, -0.1) is 0 Å². The SMILES string of the molecule is C(NCC1CO1)C1CO1.CC1CCCCC1. The van der Waals surface area contributed by atoms with Crippen LogP contribution in [0.2, 0.25) is 0 Å². The molecule has 3 heteroatoms. The minimum atomic E-state index is 0.503. The average Bonchev–Trinajstić information content (AvgIpc) is 3.14. The van der Waals surface area contributed by atoms with Crippen LogP contribution in [0.1, 0.15) is 39.0 Å². The molecule has 2 aliphatic heterocycles. The fraction of sp³-hybridized carbons (Fsp3) is 1.00. The van der Waals surface area contributed by atoms with E-state index in [1.807, 2.05) is 0 Å². The molecule has 2 unspecified atom stereocenters. The van der Waals surface area contributed by atoms with Gasteiger partial charge in [-0.2, -0.15) is 0 Å². The normalized spacial score (nSPS) is 32.8. The smallest absolute Gasteiger partial charge is 0.0933 e. The average molecular weight is 227 g/mol. The number of ether oxygens (including phenoxy) is 2. The predicted octanol–water partition coefficient (Wildman–Crippen LogP) is 1.96. The molecule has 3 rings (SSSR count). The molecule has 0 amide bonds. The molecule has 0 spiro atoms. The van der Waals surface area contributed by atoms with Crippen molar-refractivity contribution in [1.29, 1.82) is 0 Å². The van der Waals surface area contributed by atoms with Crippen LogP contribution in [-0.4, -0.2) is 38.5 Å². The van der Waals surface area contributed by atoms with Crippen molar-refractivity contribution in [2.24, 2.45) is 5.92 Å². The highest BCUT2D eigenvalue weighted by Crippen LogP contribution is 2.22. The van der Waals surface area contributed by atoms with E-state index in [2.05, 4.69) is 12.2 Å². The second-order valence-electron chi connectivity index (χ2n) is 5.31. The number of rotatable bonds is 4. The van der Waals surface area contributed by atoms with Gasteiger partial charge in [0.1, 0.15) is 0 Å². The Hall–Kier alpha value is -0.120. The van der Waals surface area contributed by atoms with Crippen molar-refractivity contribution in [3.63, 3.8) is 0 Å². The predicted molar refractivity (Wildman–Crippen MR) is 64.6 cm³/mol. The lowest BCUT2D eigenvalue weighted by atomic mass is 9.91. The van der Waals surface area contributed by atoms with Crippen molar-refractivity contribution in [1.82, 2.24) is 5.32 Å². The van der Waals surface area contributed by atoms with Gasteiger partial charge in [0.05, 0.1) is 25.4 Å². The molecule has 3 aliphatic rings. The van der Waals surface area contributed by atoms with Gasteiger partial charge in [-0.25, -0.2) is 0 Å². The Bertz CT molecular complexity index is 172.